The van der Waals surface area contributed by atoms with Crippen molar-refractivity contribution in [3.05, 3.63) is 50.4 Å². The molecule has 0 amide bonds. The average Bonchev–Trinajstić information content (AvgIpc) is 2.71. The number of nitrogens with one attached hydrogen (secondary N) is 1. The number of aryl methyl sites for hydroxylation is 2. The Morgan fingerprint density at radius 1 is 1.41 bits per heavy atom. The Morgan fingerprint density at radius 2 is 2.18 bits per heavy atom. The smallest absolute Gasteiger partial charge is 0.0897 e. The van der Waals surface area contributed by atoms with Gasteiger partial charge in [-0.3, -0.25) is 5.84 Å². The van der Waals surface area contributed by atoms with Gasteiger partial charge in [0.2, 0.25) is 0 Å². The van der Waals surface area contributed by atoms with Gasteiger partial charge in [-0.2, -0.15) is 0 Å². The molecule has 0 spiro atoms. The molecule has 90 valence electrons. The summed E-state index contributed by atoms with van der Waals surface area (Å²) in [6.45, 7) is 3.96. The number of aromatic nitrogens is 1. The van der Waals surface area contributed by atoms with Crippen molar-refractivity contribution < 1.29 is 0 Å². The van der Waals surface area contributed by atoms with Gasteiger partial charge in [-0.25, -0.2) is 10.4 Å². The maximum absolute atomic E-state index is 6.13. The Balaban J connectivity index is 2.38. The number of thiazole rings is 1. The van der Waals surface area contributed by atoms with Crippen molar-refractivity contribution in [1.82, 2.24) is 10.4 Å². The molecule has 1 unspecified atom stereocenters. The van der Waals surface area contributed by atoms with E-state index in [0.29, 0.717) is 0 Å². The van der Waals surface area contributed by atoms with Gasteiger partial charge in [-0.1, -0.05) is 23.7 Å². The molecule has 3 N–H and O–H groups in total. The molecule has 0 aliphatic rings. The zero-order chi connectivity index (χ0) is 12.4. The van der Waals surface area contributed by atoms with Crippen LogP contribution in [0.4, 0.5) is 0 Å². The monoisotopic (exact) mass is 267 g/mol. The highest BCUT2D eigenvalue weighted by Gasteiger charge is 2.15. The molecule has 2 aromatic rings. The lowest BCUT2D eigenvalue weighted by Crippen LogP contribution is -2.28. The molecule has 0 aliphatic carbocycles. The summed E-state index contributed by atoms with van der Waals surface area (Å²) >= 11 is 7.76. The number of hydrogen-bond acceptors (Lipinski definition) is 4. The molecular formula is C12H14ClN3S. The van der Waals surface area contributed by atoms with Crippen molar-refractivity contribution in [2.24, 2.45) is 5.84 Å². The minimum atomic E-state index is -0.0562. The zero-order valence-corrected chi connectivity index (χ0v) is 11.3. The number of nitrogens with two attached hydrogens (primary N) is 1. The van der Waals surface area contributed by atoms with Gasteiger partial charge in [-0.15, -0.1) is 11.3 Å². The zero-order valence-electron chi connectivity index (χ0n) is 9.70. The summed E-state index contributed by atoms with van der Waals surface area (Å²) in [7, 11) is 0. The van der Waals surface area contributed by atoms with Crippen LogP contribution in [0.15, 0.2) is 24.4 Å². The third kappa shape index (κ3) is 2.66. The van der Waals surface area contributed by atoms with E-state index in [1.165, 1.54) is 0 Å². The predicted molar refractivity (Wildman–Crippen MR) is 72.2 cm³/mol. The predicted octanol–water partition coefficient (Wildman–Crippen LogP) is 2.97. The summed E-state index contributed by atoms with van der Waals surface area (Å²) in [6, 6.07) is 5.91. The Kier molecular flexibility index (Phi) is 3.79. The van der Waals surface area contributed by atoms with Crippen molar-refractivity contribution in [2.45, 2.75) is 19.9 Å². The minimum absolute atomic E-state index is 0.0562. The maximum atomic E-state index is 6.13. The quantitative estimate of drug-likeness (QED) is 0.664. The van der Waals surface area contributed by atoms with Gasteiger partial charge in [0.25, 0.3) is 0 Å². The Bertz CT molecular complexity index is 524. The van der Waals surface area contributed by atoms with Crippen molar-refractivity contribution in [3.8, 4) is 0 Å². The first-order chi connectivity index (χ1) is 8.11. The molecule has 5 heteroatoms. The lowest BCUT2D eigenvalue weighted by atomic mass is 10.0. The van der Waals surface area contributed by atoms with E-state index in [4.69, 9.17) is 17.4 Å². The standard InChI is InChI=1S/C12H14ClN3S/c1-7-3-4-9(5-10(7)13)12(16-14)11-6-15-8(2)17-11/h3-6,12,16H,14H2,1-2H3. The average molecular weight is 268 g/mol. The number of rotatable bonds is 3. The molecule has 2 rings (SSSR count). The molecule has 3 nitrogen and oxygen atoms in total. The minimum Gasteiger partial charge on any atom is -0.271 e. The van der Waals surface area contributed by atoms with Gasteiger partial charge in [-0.05, 0) is 31.0 Å². The largest absolute Gasteiger partial charge is 0.271 e. The van der Waals surface area contributed by atoms with Crippen LogP contribution in [0.1, 0.15) is 27.1 Å². The van der Waals surface area contributed by atoms with E-state index in [1.807, 2.05) is 38.2 Å². The van der Waals surface area contributed by atoms with Crippen LogP contribution in [0.5, 0.6) is 0 Å². The third-order valence-corrected chi connectivity index (χ3v) is 4.00. The Morgan fingerprint density at radius 3 is 2.71 bits per heavy atom. The van der Waals surface area contributed by atoms with Crippen molar-refractivity contribution in [3.63, 3.8) is 0 Å². The van der Waals surface area contributed by atoms with E-state index in [2.05, 4.69) is 10.4 Å². The molecule has 0 saturated carbocycles. The number of benzene rings is 1. The second-order valence-corrected chi connectivity index (χ2v) is 5.56. The summed E-state index contributed by atoms with van der Waals surface area (Å²) in [5.41, 5.74) is 4.92. The van der Waals surface area contributed by atoms with Crippen molar-refractivity contribution in [1.29, 1.82) is 0 Å². The van der Waals surface area contributed by atoms with Crippen LogP contribution in [0.2, 0.25) is 5.02 Å². The van der Waals surface area contributed by atoms with Gasteiger partial charge in [0, 0.05) is 16.1 Å². The molecule has 17 heavy (non-hydrogen) atoms. The number of nitrogens with zero attached hydrogens (tertiary/aromatic N) is 1. The van der Waals surface area contributed by atoms with E-state index in [0.717, 1.165) is 26.0 Å². The number of halogens is 1. The molecule has 0 saturated heterocycles. The molecule has 0 aliphatic heterocycles. The Hall–Kier alpha value is -0.940. The molecule has 1 heterocycles. The SMILES string of the molecule is Cc1ncc(C(NN)c2ccc(C)c(Cl)c2)s1. The maximum Gasteiger partial charge on any atom is 0.0897 e. The fourth-order valence-corrected chi connectivity index (χ4v) is 2.71. The number of hydrogen-bond donors (Lipinski definition) is 2. The summed E-state index contributed by atoms with van der Waals surface area (Å²) in [4.78, 5) is 5.33. The second kappa shape index (κ2) is 5.14. The van der Waals surface area contributed by atoms with Crippen LogP contribution < -0.4 is 11.3 Å². The third-order valence-electron chi connectivity index (χ3n) is 2.62. The van der Waals surface area contributed by atoms with Gasteiger partial charge in [0.15, 0.2) is 0 Å². The van der Waals surface area contributed by atoms with Gasteiger partial charge < -0.3 is 0 Å². The first-order valence-electron chi connectivity index (χ1n) is 5.26. The molecular weight excluding hydrogens is 254 g/mol. The van der Waals surface area contributed by atoms with Gasteiger partial charge in [0.1, 0.15) is 0 Å². The highest BCUT2D eigenvalue weighted by molar-refractivity contribution is 7.11. The van der Waals surface area contributed by atoms with Crippen LogP contribution in [0.3, 0.4) is 0 Å². The van der Waals surface area contributed by atoms with Crippen LogP contribution >= 0.6 is 22.9 Å². The van der Waals surface area contributed by atoms with E-state index >= 15 is 0 Å². The molecule has 1 aromatic heterocycles. The summed E-state index contributed by atoms with van der Waals surface area (Å²) in [5, 5.41) is 1.78. The number of hydrazine groups is 1. The van der Waals surface area contributed by atoms with Crippen molar-refractivity contribution in [2.75, 3.05) is 0 Å². The van der Waals surface area contributed by atoms with E-state index in [9.17, 15) is 0 Å². The highest BCUT2D eigenvalue weighted by atomic mass is 35.5. The van der Waals surface area contributed by atoms with Crippen LogP contribution in [-0.4, -0.2) is 4.98 Å². The van der Waals surface area contributed by atoms with Crippen LogP contribution in [0.25, 0.3) is 0 Å². The van der Waals surface area contributed by atoms with Crippen LogP contribution in [-0.2, 0) is 0 Å². The lowest BCUT2D eigenvalue weighted by Gasteiger charge is -2.15. The summed E-state index contributed by atoms with van der Waals surface area (Å²) in [5.74, 6) is 5.62. The fraction of sp³-hybridized carbons (Fsp3) is 0.250. The van der Waals surface area contributed by atoms with Gasteiger partial charge >= 0.3 is 0 Å². The second-order valence-electron chi connectivity index (χ2n) is 3.89. The first kappa shape index (κ1) is 12.5. The first-order valence-corrected chi connectivity index (χ1v) is 6.45. The molecule has 0 radical (unpaired) electrons. The lowest BCUT2D eigenvalue weighted by molar-refractivity contribution is 0.645. The fourth-order valence-electron chi connectivity index (χ4n) is 1.64. The normalized spacial score (nSPS) is 12.7. The van der Waals surface area contributed by atoms with E-state index in [1.54, 1.807) is 11.3 Å². The summed E-state index contributed by atoms with van der Waals surface area (Å²) in [6.07, 6.45) is 1.85. The van der Waals surface area contributed by atoms with Crippen LogP contribution in [0, 0.1) is 13.8 Å². The van der Waals surface area contributed by atoms with E-state index in [-0.39, 0.29) is 6.04 Å². The molecule has 0 fully saturated rings. The summed E-state index contributed by atoms with van der Waals surface area (Å²) < 4.78 is 0. The highest BCUT2D eigenvalue weighted by Crippen LogP contribution is 2.28. The Labute approximate surface area is 110 Å². The molecule has 1 atom stereocenters. The van der Waals surface area contributed by atoms with Crippen molar-refractivity contribution >= 4 is 22.9 Å². The van der Waals surface area contributed by atoms with E-state index < -0.39 is 0 Å². The topological polar surface area (TPSA) is 50.9 Å². The molecule has 1 aromatic carbocycles. The van der Waals surface area contributed by atoms with Gasteiger partial charge in [0.05, 0.1) is 11.0 Å². The molecule has 0 bridgehead atoms.